The molecule has 2 rings (SSSR count). The Balaban J connectivity index is 2.06. The summed E-state index contributed by atoms with van der Waals surface area (Å²) < 4.78 is 5.24. The lowest BCUT2D eigenvalue weighted by molar-refractivity contribution is -0.123. The Labute approximate surface area is 140 Å². The van der Waals surface area contributed by atoms with E-state index in [4.69, 9.17) is 4.74 Å². The molecule has 24 heavy (non-hydrogen) atoms. The van der Waals surface area contributed by atoms with Crippen LogP contribution in [0.25, 0.3) is 0 Å². The van der Waals surface area contributed by atoms with Gasteiger partial charge in [-0.1, -0.05) is 18.2 Å². The van der Waals surface area contributed by atoms with Crippen molar-refractivity contribution in [2.45, 2.75) is 39.9 Å². The van der Waals surface area contributed by atoms with Crippen molar-refractivity contribution in [3.05, 3.63) is 52.8 Å². The van der Waals surface area contributed by atoms with E-state index < -0.39 is 24.1 Å². The van der Waals surface area contributed by atoms with E-state index in [-0.39, 0.29) is 5.69 Å². The number of rotatable bonds is 5. The molecule has 2 atom stereocenters. The molecule has 0 radical (unpaired) electrons. The summed E-state index contributed by atoms with van der Waals surface area (Å²) in [7, 11) is 0. The number of benzene rings is 1. The lowest BCUT2D eigenvalue weighted by Gasteiger charge is -2.13. The second kappa shape index (κ2) is 7.31. The van der Waals surface area contributed by atoms with E-state index in [1.807, 2.05) is 6.07 Å². The first-order valence-corrected chi connectivity index (χ1v) is 7.75. The summed E-state index contributed by atoms with van der Waals surface area (Å²) >= 11 is 0. The smallest absolute Gasteiger partial charge is 0.355 e. The van der Waals surface area contributed by atoms with Gasteiger partial charge >= 0.3 is 5.97 Å². The Kier molecular flexibility index (Phi) is 5.41. The number of aromatic amines is 1. The maximum absolute atomic E-state index is 12.3. The maximum Gasteiger partial charge on any atom is 0.355 e. The molecule has 0 aliphatic carbocycles. The van der Waals surface area contributed by atoms with Gasteiger partial charge in [0.25, 0.3) is 5.91 Å². The Hall–Kier alpha value is -2.60. The molecule has 1 aromatic heterocycles. The fraction of sp³-hybridized carbons (Fsp3) is 0.333. The van der Waals surface area contributed by atoms with Gasteiger partial charge in [0.2, 0.25) is 0 Å². The third-order valence-corrected chi connectivity index (χ3v) is 3.81. The second-order valence-electron chi connectivity index (χ2n) is 5.74. The number of aryl methyl sites for hydroxylation is 1. The van der Waals surface area contributed by atoms with E-state index in [2.05, 4.69) is 10.3 Å². The van der Waals surface area contributed by atoms with Crippen molar-refractivity contribution in [3.8, 4) is 0 Å². The molecule has 128 valence electrons. The molecule has 0 aliphatic heterocycles. The molecule has 0 unspecified atom stereocenters. The summed E-state index contributed by atoms with van der Waals surface area (Å²) in [6.45, 7) is 6.65. The Morgan fingerprint density at radius 1 is 1.17 bits per heavy atom. The number of carbonyl (C=O) groups is 2. The molecule has 0 bridgehead atoms. The molecule has 0 saturated carbocycles. The first-order valence-electron chi connectivity index (χ1n) is 7.75. The van der Waals surface area contributed by atoms with Gasteiger partial charge in [-0.25, -0.2) is 4.79 Å². The van der Waals surface area contributed by atoms with Gasteiger partial charge < -0.3 is 20.1 Å². The molecule has 6 nitrogen and oxygen atoms in total. The molecule has 1 amide bonds. The van der Waals surface area contributed by atoms with Crippen LogP contribution in [0.1, 0.15) is 47.3 Å². The van der Waals surface area contributed by atoms with Crippen LogP contribution in [0.5, 0.6) is 0 Å². The predicted molar refractivity (Wildman–Crippen MR) is 90.8 cm³/mol. The minimum Gasteiger partial charge on any atom is -0.448 e. The molecule has 1 heterocycles. The van der Waals surface area contributed by atoms with Gasteiger partial charge in [-0.15, -0.1) is 0 Å². The Morgan fingerprint density at radius 2 is 1.79 bits per heavy atom. The SMILES string of the molecule is Cc1[nH]c(C(=O)O[C@@H](C)C(=O)Nc2ccccc2)c(C)c1[C@H](C)O. The van der Waals surface area contributed by atoms with Crippen molar-refractivity contribution in [3.63, 3.8) is 0 Å². The van der Waals surface area contributed by atoms with Crippen molar-refractivity contribution in [1.29, 1.82) is 0 Å². The quantitative estimate of drug-likeness (QED) is 0.735. The molecular formula is C18H22N2O4. The van der Waals surface area contributed by atoms with Gasteiger partial charge in [0, 0.05) is 16.9 Å². The van der Waals surface area contributed by atoms with Crippen LogP contribution in [-0.4, -0.2) is 28.1 Å². The zero-order valence-corrected chi connectivity index (χ0v) is 14.2. The molecular weight excluding hydrogens is 308 g/mol. The number of aromatic nitrogens is 1. The number of amides is 1. The second-order valence-corrected chi connectivity index (χ2v) is 5.74. The van der Waals surface area contributed by atoms with Crippen LogP contribution in [0.4, 0.5) is 5.69 Å². The summed E-state index contributed by atoms with van der Waals surface area (Å²) in [6.07, 6.45) is -1.64. The topological polar surface area (TPSA) is 91.4 Å². The molecule has 0 spiro atoms. The zero-order valence-electron chi connectivity index (χ0n) is 14.2. The van der Waals surface area contributed by atoms with E-state index in [1.165, 1.54) is 6.92 Å². The average Bonchev–Trinajstić information content (AvgIpc) is 2.83. The van der Waals surface area contributed by atoms with Crippen LogP contribution in [0, 0.1) is 13.8 Å². The minimum absolute atomic E-state index is 0.253. The number of hydrogen-bond donors (Lipinski definition) is 3. The number of carbonyl (C=O) groups excluding carboxylic acids is 2. The van der Waals surface area contributed by atoms with Gasteiger partial charge in [0.05, 0.1) is 6.10 Å². The highest BCUT2D eigenvalue weighted by atomic mass is 16.5. The number of nitrogens with one attached hydrogen (secondary N) is 2. The lowest BCUT2D eigenvalue weighted by Crippen LogP contribution is -2.30. The van der Waals surface area contributed by atoms with Gasteiger partial charge in [-0.3, -0.25) is 4.79 Å². The number of hydrogen-bond acceptors (Lipinski definition) is 4. The molecule has 6 heteroatoms. The van der Waals surface area contributed by atoms with E-state index in [1.54, 1.807) is 45.0 Å². The molecule has 0 saturated heterocycles. The summed E-state index contributed by atoms with van der Waals surface area (Å²) in [5, 5.41) is 12.5. The number of esters is 1. The highest BCUT2D eigenvalue weighted by molar-refractivity contribution is 5.97. The normalized spacial score (nSPS) is 13.2. The van der Waals surface area contributed by atoms with Crippen LogP contribution in [0.15, 0.2) is 30.3 Å². The van der Waals surface area contributed by atoms with Crippen molar-refractivity contribution in [2.24, 2.45) is 0 Å². The lowest BCUT2D eigenvalue weighted by atomic mass is 10.1. The van der Waals surface area contributed by atoms with Crippen molar-refractivity contribution in [1.82, 2.24) is 4.98 Å². The third kappa shape index (κ3) is 3.83. The standard InChI is InChI=1S/C18H22N2O4/c1-10-15(12(3)21)11(2)19-16(10)18(23)24-13(4)17(22)20-14-8-6-5-7-9-14/h5-9,12-13,19,21H,1-4H3,(H,20,22)/t12-,13-/m0/s1. The largest absolute Gasteiger partial charge is 0.448 e. The van der Waals surface area contributed by atoms with Gasteiger partial charge in [-0.05, 0) is 45.4 Å². The van der Waals surface area contributed by atoms with Crippen LogP contribution >= 0.6 is 0 Å². The van der Waals surface area contributed by atoms with Crippen LogP contribution < -0.4 is 5.32 Å². The number of aliphatic hydroxyl groups is 1. The fourth-order valence-corrected chi connectivity index (χ4v) is 2.63. The number of H-pyrrole nitrogens is 1. The van der Waals surface area contributed by atoms with E-state index in [0.717, 1.165) is 0 Å². The Morgan fingerprint density at radius 3 is 2.33 bits per heavy atom. The van der Waals surface area contributed by atoms with E-state index >= 15 is 0 Å². The van der Waals surface area contributed by atoms with E-state index in [9.17, 15) is 14.7 Å². The van der Waals surface area contributed by atoms with Gasteiger partial charge in [0.15, 0.2) is 6.10 Å². The van der Waals surface area contributed by atoms with Crippen LogP contribution in [-0.2, 0) is 9.53 Å². The van der Waals surface area contributed by atoms with Crippen LogP contribution in [0.3, 0.4) is 0 Å². The number of ether oxygens (including phenoxy) is 1. The molecule has 3 N–H and O–H groups in total. The Bertz CT molecular complexity index is 735. The predicted octanol–water partition coefficient (Wildman–Crippen LogP) is 2.87. The summed E-state index contributed by atoms with van der Waals surface area (Å²) in [4.78, 5) is 27.3. The summed E-state index contributed by atoms with van der Waals surface area (Å²) in [6, 6.07) is 8.94. The molecule has 2 aromatic rings. The number of aliphatic hydroxyl groups excluding tert-OH is 1. The number of anilines is 1. The zero-order chi connectivity index (χ0) is 17.9. The highest BCUT2D eigenvalue weighted by Gasteiger charge is 2.24. The highest BCUT2D eigenvalue weighted by Crippen LogP contribution is 2.25. The monoisotopic (exact) mass is 330 g/mol. The average molecular weight is 330 g/mol. The summed E-state index contributed by atoms with van der Waals surface area (Å²) in [5.41, 5.74) is 2.89. The molecule has 0 fully saturated rings. The van der Waals surface area contributed by atoms with Gasteiger partial charge in [0.1, 0.15) is 5.69 Å². The molecule has 1 aromatic carbocycles. The van der Waals surface area contributed by atoms with Crippen molar-refractivity contribution in [2.75, 3.05) is 5.32 Å². The maximum atomic E-state index is 12.3. The number of para-hydroxylation sites is 1. The fourth-order valence-electron chi connectivity index (χ4n) is 2.63. The minimum atomic E-state index is -0.948. The first kappa shape index (κ1) is 17.7. The third-order valence-electron chi connectivity index (χ3n) is 3.81. The van der Waals surface area contributed by atoms with Gasteiger partial charge in [-0.2, -0.15) is 0 Å². The molecule has 0 aliphatic rings. The van der Waals surface area contributed by atoms with E-state index in [0.29, 0.717) is 22.5 Å². The van der Waals surface area contributed by atoms with Crippen molar-refractivity contribution >= 4 is 17.6 Å². The van der Waals surface area contributed by atoms with Crippen molar-refractivity contribution < 1.29 is 19.4 Å². The summed E-state index contributed by atoms with van der Waals surface area (Å²) in [5.74, 6) is -1.04. The van der Waals surface area contributed by atoms with Crippen LogP contribution in [0.2, 0.25) is 0 Å². The first-order chi connectivity index (χ1) is 11.3.